The molecule has 0 saturated carbocycles. The van der Waals surface area contributed by atoms with Crippen molar-refractivity contribution in [3.8, 4) is 0 Å². The van der Waals surface area contributed by atoms with E-state index in [2.05, 4.69) is 5.43 Å². The van der Waals surface area contributed by atoms with Gasteiger partial charge in [0.1, 0.15) is 29.0 Å². The Balaban J connectivity index is 2.06. The van der Waals surface area contributed by atoms with Crippen LogP contribution in [-0.2, 0) is 0 Å². The van der Waals surface area contributed by atoms with Gasteiger partial charge in [0.15, 0.2) is 0 Å². The van der Waals surface area contributed by atoms with Crippen LogP contribution in [0.5, 0.6) is 0 Å². The smallest absolute Gasteiger partial charge is 0.142 e. The number of hydrogen-bond donors (Lipinski definition) is 2. The molecular formula is C15H11ClF2N2O. The average Bonchev–Trinajstić information content (AvgIpc) is 2.86. The first-order valence-corrected chi connectivity index (χ1v) is 6.56. The van der Waals surface area contributed by atoms with E-state index in [0.717, 1.165) is 0 Å². The summed E-state index contributed by atoms with van der Waals surface area (Å²) in [6, 6.07) is 9.66. The second kappa shape index (κ2) is 5.44. The van der Waals surface area contributed by atoms with Gasteiger partial charge in [0, 0.05) is 5.39 Å². The minimum Gasteiger partial charge on any atom is -0.459 e. The molecule has 3 aromatic rings. The maximum Gasteiger partial charge on any atom is 0.142 e. The lowest BCUT2D eigenvalue weighted by Crippen LogP contribution is -2.28. The predicted molar refractivity (Wildman–Crippen MR) is 76.7 cm³/mol. The second-order valence-electron chi connectivity index (χ2n) is 4.60. The Bertz CT molecular complexity index is 803. The molecule has 0 saturated heterocycles. The zero-order valence-electron chi connectivity index (χ0n) is 10.7. The van der Waals surface area contributed by atoms with Crippen molar-refractivity contribution in [1.82, 2.24) is 5.43 Å². The number of nitrogens with one attached hydrogen (secondary N) is 1. The summed E-state index contributed by atoms with van der Waals surface area (Å²) < 4.78 is 32.4. The Morgan fingerprint density at radius 3 is 2.62 bits per heavy atom. The summed E-state index contributed by atoms with van der Waals surface area (Å²) in [4.78, 5) is 0. The highest BCUT2D eigenvalue weighted by Gasteiger charge is 2.18. The van der Waals surface area contributed by atoms with Gasteiger partial charge in [-0.1, -0.05) is 17.7 Å². The molecule has 0 aliphatic carbocycles. The van der Waals surface area contributed by atoms with Crippen molar-refractivity contribution in [2.75, 3.05) is 0 Å². The van der Waals surface area contributed by atoms with E-state index in [1.807, 2.05) is 0 Å². The van der Waals surface area contributed by atoms with E-state index in [1.54, 1.807) is 12.1 Å². The Labute approximate surface area is 124 Å². The maximum atomic E-state index is 13.6. The van der Waals surface area contributed by atoms with Crippen molar-refractivity contribution in [3.63, 3.8) is 0 Å². The topological polar surface area (TPSA) is 51.2 Å². The van der Waals surface area contributed by atoms with Gasteiger partial charge in [-0.25, -0.2) is 14.2 Å². The van der Waals surface area contributed by atoms with Crippen LogP contribution in [0.4, 0.5) is 8.78 Å². The Kier molecular flexibility index (Phi) is 3.63. The molecule has 0 radical (unpaired) electrons. The SMILES string of the molecule is NNC(c1ccc(Cl)c(F)c1)c1cc2cc(F)ccc2o1. The van der Waals surface area contributed by atoms with Crippen LogP contribution in [0.2, 0.25) is 5.02 Å². The number of hydrazine groups is 1. The van der Waals surface area contributed by atoms with Gasteiger partial charge in [-0.05, 0) is 42.0 Å². The van der Waals surface area contributed by atoms with Crippen molar-refractivity contribution in [1.29, 1.82) is 0 Å². The molecule has 1 aromatic heterocycles. The first-order chi connectivity index (χ1) is 10.1. The summed E-state index contributed by atoms with van der Waals surface area (Å²) in [5.41, 5.74) is 3.64. The Morgan fingerprint density at radius 2 is 1.90 bits per heavy atom. The van der Waals surface area contributed by atoms with E-state index >= 15 is 0 Å². The van der Waals surface area contributed by atoms with E-state index in [4.69, 9.17) is 21.9 Å². The molecule has 0 spiro atoms. The van der Waals surface area contributed by atoms with Crippen LogP contribution in [0.25, 0.3) is 11.0 Å². The van der Waals surface area contributed by atoms with E-state index < -0.39 is 11.9 Å². The molecule has 0 bridgehead atoms. The van der Waals surface area contributed by atoms with Crippen LogP contribution in [0.15, 0.2) is 46.9 Å². The molecule has 0 aliphatic rings. The Hall–Kier alpha value is -1.95. The van der Waals surface area contributed by atoms with Gasteiger partial charge in [-0.15, -0.1) is 0 Å². The summed E-state index contributed by atoms with van der Waals surface area (Å²) in [5, 5.41) is 0.640. The predicted octanol–water partition coefficient (Wildman–Crippen LogP) is 3.92. The molecule has 3 nitrogen and oxygen atoms in total. The molecule has 21 heavy (non-hydrogen) atoms. The van der Waals surface area contributed by atoms with Crippen LogP contribution in [0.3, 0.4) is 0 Å². The third-order valence-electron chi connectivity index (χ3n) is 3.23. The average molecular weight is 309 g/mol. The van der Waals surface area contributed by atoms with Crippen molar-refractivity contribution < 1.29 is 13.2 Å². The minimum atomic E-state index is -0.563. The molecule has 0 aliphatic heterocycles. The minimum absolute atomic E-state index is 0.0289. The molecular weight excluding hydrogens is 298 g/mol. The van der Waals surface area contributed by atoms with Gasteiger partial charge in [0.25, 0.3) is 0 Å². The largest absolute Gasteiger partial charge is 0.459 e. The fourth-order valence-corrected chi connectivity index (χ4v) is 2.33. The molecule has 3 N–H and O–H groups in total. The van der Waals surface area contributed by atoms with E-state index in [1.165, 1.54) is 30.3 Å². The zero-order chi connectivity index (χ0) is 15.0. The van der Waals surface area contributed by atoms with Crippen molar-refractivity contribution >= 4 is 22.6 Å². The molecule has 0 amide bonds. The quantitative estimate of drug-likeness (QED) is 0.569. The van der Waals surface area contributed by atoms with Gasteiger partial charge in [-0.3, -0.25) is 5.84 Å². The van der Waals surface area contributed by atoms with Crippen LogP contribution in [0.1, 0.15) is 17.4 Å². The number of rotatable bonds is 3. The second-order valence-corrected chi connectivity index (χ2v) is 5.01. The van der Waals surface area contributed by atoms with Crippen molar-refractivity contribution in [3.05, 3.63) is 70.4 Å². The molecule has 108 valence electrons. The van der Waals surface area contributed by atoms with Gasteiger partial charge in [-0.2, -0.15) is 0 Å². The maximum absolute atomic E-state index is 13.6. The standard InChI is InChI=1S/C15H11ClF2N2O/c16-11-3-1-8(6-12(11)18)15(20-19)14-7-9-5-10(17)2-4-13(9)21-14/h1-7,15,20H,19H2. The zero-order valence-corrected chi connectivity index (χ0v) is 11.5. The van der Waals surface area contributed by atoms with Gasteiger partial charge >= 0.3 is 0 Å². The third-order valence-corrected chi connectivity index (χ3v) is 3.53. The highest BCUT2D eigenvalue weighted by atomic mass is 35.5. The molecule has 6 heteroatoms. The molecule has 1 atom stereocenters. The van der Waals surface area contributed by atoms with Gasteiger partial charge in [0.2, 0.25) is 0 Å². The fourth-order valence-electron chi connectivity index (χ4n) is 2.21. The Morgan fingerprint density at radius 1 is 1.10 bits per heavy atom. The van der Waals surface area contributed by atoms with Crippen molar-refractivity contribution in [2.45, 2.75) is 6.04 Å². The lowest BCUT2D eigenvalue weighted by atomic mass is 10.0. The number of furan rings is 1. The van der Waals surface area contributed by atoms with E-state index in [9.17, 15) is 8.78 Å². The van der Waals surface area contributed by atoms with Crippen LogP contribution in [0, 0.1) is 11.6 Å². The lowest BCUT2D eigenvalue weighted by Gasteiger charge is -2.14. The lowest BCUT2D eigenvalue weighted by molar-refractivity contribution is 0.475. The molecule has 0 fully saturated rings. The first-order valence-electron chi connectivity index (χ1n) is 6.18. The van der Waals surface area contributed by atoms with E-state index in [0.29, 0.717) is 22.3 Å². The summed E-state index contributed by atoms with van der Waals surface area (Å²) in [6.45, 7) is 0. The summed E-state index contributed by atoms with van der Waals surface area (Å²) in [5.74, 6) is 5.09. The molecule has 1 heterocycles. The monoisotopic (exact) mass is 308 g/mol. The number of fused-ring (bicyclic) bond motifs is 1. The van der Waals surface area contributed by atoms with Gasteiger partial charge < -0.3 is 4.42 Å². The summed E-state index contributed by atoms with van der Waals surface area (Å²) in [7, 11) is 0. The molecule has 3 rings (SSSR count). The van der Waals surface area contributed by atoms with Crippen LogP contribution >= 0.6 is 11.6 Å². The van der Waals surface area contributed by atoms with Crippen molar-refractivity contribution in [2.24, 2.45) is 5.84 Å². The van der Waals surface area contributed by atoms with Crippen LogP contribution < -0.4 is 11.3 Å². The molecule has 1 unspecified atom stereocenters. The highest BCUT2D eigenvalue weighted by Crippen LogP contribution is 2.29. The van der Waals surface area contributed by atoms with E-state index in [-0.39, 0.29) is 10.8 Å². The number of benzene rings is 2. The normalized spacial score (nSPS) is 12.8. The summed E-state index contributed by atoms with van der Waals surface area (Å²) in [6.07, 6.45) is 0. The number of nitrogens with two attached hydrogens (primary N) is 1. The third kappa shape index (κ3) is 2.63. The molecule has 2 aromatic carbocycles. The van der Waals surface area contributed by atoms with Crippen LogP contribution in [-0.4, -0.2) is 0 Å². The highest BCUT2D eigenvalue weighted by molar-refractivity contribution is 6.30. The van der Waals surface area contributed by atoms with Gasteiger partial charge in [0.05, 0.1) is 5.02 Å². The number of hydrogen-bond acceptors (Lipinski definition) is 3. The number of halogens is 3. The first kappa shape index (κ1) is 14.0. The fraction of sp³-hybridized carbons (Fsp3) is 0.0667. The summed E-state index contributed by atoms with van der Waals surface area (Å²) >= 11 is 5.66.